The van der Waals surface area contributed by atoms with Crippen molar-refractivity contribution in [3.8, 4) is 0 Å². The van der Waals surface area contributed by atoms with E-state index < -0.39 is 0 Å². The van der Waals surface area contributed by atoms with Crippen LogP contribution < -0.4 is 5.73 Å². The minimum Gasteiger partial charge on any atom is -0.329 e. The predicted molar refractivity (Wildman–Crippen MR) is 77.7 cm³/mol. The summed E-state index contributed by atoms with van der Waals surface area (Å²) in [5.74, 6) is 0.913. The van der Waals surface area contributed by atoms with Gasteiger partial charge in [0.1, 0.15) is 0 Å². The van der Waals surface area contributed by atoms with Gasteiger partial charge < -0.3 is 10.6 Å². The number of nitrogens with two attached hydrogens (primary N) is 1. The Hall–Kier alpha value is -0.120. The van der Waals surface area contributed by atoms with Crippen molar-refractivity contribution >= 4 is 0 Å². The molecular weight excluding hydrogens is 222 g/mol. The van der Waals surface area contributed by atoms with Crippen LogP contribution >= 0.6 is 0 Å². The van der Waals surface area contributed by atoms with E-state index >= 15 is 0 Å². The van der Waals surface area contributed by atoms with Crippen molar-refractivity contribution in [2.45, 2.75) is 51.5 Å². The number of likely N-dealkylation sites (tertiary alicyclic amines) is 2. The molecule has 3 heteroatoms. The summed E-state index contributed by atoms with van der Waals surface area (Å²) in [7, 11) is 0. The molecule has 18 heavy (non-hydrogen) atoms. The molecule has 2 fully saturated rings. The van der Waals surface area contributed by atoms with Crippen LogP contribution in [0.15, 0.2) is 0 Å². The number of hydrogen-bond acceptors (Lipinski definition) is 3. The molecule has 0 aliphatic carbocycles. The zero-order valence-corrected chi connectivity index (χ0v) is 12.3. The molecule has 0 aromatic carbocycles. The smallest absolute Gasteiger partial charge is 0.0356 e. The highest BCUT2D eigenvalue weighted by Crippen LogP contribution is 2.31. The minimum absolute atomic E-state index is 0.324. The molecule has 0 aromatic heterocycles. The highest BCUT2D eigenvalue weighted by molar-refractivity contribution is 4.97. The standard InChI is InChI=1S/C15H31N3/c1-3-8-17-11-6-15(13-16,7-12-17)18-9-4-14(2)5-10-18/h14H,3-13,16H2,1-2H3. The molecule has 0 spiro atoms. The van der Waals surface area contributed by atoms with Gasteiger partial charge in [0.15, 0.2) is 0 Å². The summed E-state index contributed by atoms with van der Waals surface area (Å²) in [6.07, 6.45) is 6.55. The van der Waals surface area contributed by atoms with Crippen LogP contribution in [-0.2, 0) is 0 Å². The lowest BCUT2D eigenvalue weighted by Crippen LogP contribution is -2.61. The third-order valence-electron chi connectivity index (χ3n) is 5.16. The van der Waals surface area contributed by atoms with Crippen LogP contribution in [0.5, 0.6) is 0 Å². The van der Waals surface area contributed by atoms with Gasteiger partial charge in [-0.3, -0.25) is 4.90 Å². The fourth-order valence-corrected chi connectivity index (χ4v) is 3.64. The Bertz CT molecular complexity index is 238. The van der Waals surface area contributed by atoms with E-state index in [4.69, 9.17) is 5.73 Å². The van der Waals surface area contributed by atoms with Gasteiger partial charge >= 0.3 is 0 Å². The number of rotatable bonds is 4. The Balaban J connectivity index is 1.91. The van der Waals surface area contributed by atoms with Crippen LogP contribution in [0.1, 0.15) is 46.0 Å². The van der Waals surface area contributed by atoms with Gasteiger partial charge in [0.05, 0.1) is 0 Å². The van der Waals surface area contributed by atoms with Crippen LogP contribution in [0.4, 0.5) is 0 Å². The fraction of sp³-hybridized carbons (Fsp3) is 1.00. The van der Waals surface area contributed by atoms with Gasteiger partial charge in [0.2, 0.25) is 0 Å². The van der Waals surface area contributed by atoms with E-state index in [2.05, 4.69) is 23.6 Å². The van der Waals surface area contributed by atoms with Crippen molar-refractivity contribution < 1.29 is 0 Å². The molecule has 0 saturated carbocycles. The lowest BCUT2D eigenvalue weighted by Gasteiger charge is -2.50. The molecule has 0 atom stereocenters. The normalized spacial score (nSPS) is 27.5. The quantitative estimate of drug-likeness (QED) is 0.831. The molecule has 3 nitrogen and oxygen atoms in total. The fourth-order valence-electron chi connectivity index (χ4n) is 3.64. The molecule has 2 saturated heterocycles. The van der Waals surface area contributed by atoms with Crippen LogP contribution in [0.25, 0.3) is 0 Å². The molecule has 2 heterocycles. The maximum Gasteiger partial charge on any atom is 0.0356 e. The summed E-state index contributed by atoms with van der Waals surface area (Å²) in [6, 6.07) is 0. The molecule has 0 radical (unpaired) electrons. The SMILES string of the molecule is CCCN1CCC(CN)(N2CCC(C)CC2)CC1. The first-order chi connectivity index (χ1) is 8.70. The van der Waals surface area contributed by atoms with Gasteiger partial charge in [0, 0.05) is 12.1 Å². The molecule has 0 bridgehead atoms. The Morgan fingerprint density at radius 1 is 1.11 bits per heavy atom. The molecular formula is C15H31N3. The van der Waals surface area contributed by atoms with Crippen LogP contribution in [0.2, 0.25) is 0 Å². The van der Waals surface area contributed by atoms with Gasteiger partial charge in [-0.2, -0.15) is 0 Å². The van der Waals surface area contributed by atoms with E-state index in [0.29, 0.717) is 5.54 Å². The summed E-state index contributed by atoms with van der Waals surface area (Å²) in [6.45, 7) is 11.8. The van der Waals surface area contributed by atoms with E-state index in [9.17, 15) is 0 Å². The molecule has 2 N–H and O–H groups in total. The molecule has 2 aliphatic rings. The van der Waals surface area contributed by atoms with Crippen molar-refractivity contribution in [2.24, 2.45) is 11.7 Å². The number of piperidine rings is 2. The summed E-state index contributed by atoms with van der Waals surface area (Å²) in [5, 5.41) is 0. The van der Waals surface area contributed by atoms with E-state index in [-0.39, 0.29) is 0 Å². The largest absolute Gasteiger partial charge is 0.329 e. The van der Waals surface area contributed by atoms with E-state index in [1.54, 1.807) is 0 Å². The lowest BCUT2D eigenvalue weighted by molar-refractivity contribution is 0.00604. The Labute approximate surface area is 113 Å². The second-order valence-corrected chi connectivity index (χ2v) is 6.44. The summed E-state index contributed by atoms with van der Waals surface area (Å²) in [5.41, 5.74) is 6.49. The molecule has 0 unspecified atom stereocenters. The minimum atomic E-state index is 0.324. The highest BCUT2D eigenvalue weighted by atomic mass is 15.2. The lowest BCUT2D eigenvalue weighted by atomic mass is 9.83. The van der Waals surface area contributed by atoms with Gasteiger partial charge in [-0.25, -0.2) is 0 Å². The van der Waals surface area contributed by atoms with Crippen molar-refractivity contribution in [3.63, 3.8) is 0 Å². The van der Waals surface area contributed by atoms with E-state index in [0.717, 1.165) is 12.5 Å². The first-order valence-corrected chi connectivity index (χ1v) is 7.87. The second-order valence-electron chi connectivity index (χ2n) is 6.44. The molecule has 0 aromatic rings. The average molecular weight is 253 g/mol. The summed E-state index contributed by atoms with van der Waals surface area (Å²) >= 11 is 0. The van der Waals surface area contributed by atoms with Crippen molar-refractivity contribution in [2.75, 3.05) is 39.3 Å². The van der Waals surface area contributed by atoms with Gasteiger partial charge in [-0.15, -0.1) is 0 Å². The first-order valence-electron chi connectivity index (χ1n) is 7.87. The maximum absolute atomic E-state index is 6.16. The Kier molecular flexibility index (Phi) is 5.05. The van der Waals surface area contributed by atoms with Crippen LogP contribution in [-0.4, -0.2) is 54.6 Å². The topological polar surface area (TPSA) is 32.5 Å². The Morgan fingerprint density at radius 2 is 1.72 bits per heavy atom. The molecule has 2 rings (SSSR count). The summed E-state index contributed by atoms with van der Waals surface area (Å²) < 4.78 is 0. The van der Waals surface area contributed by atoms with Crippen molar-refractivity contribution in [1.82, 2.24) is 9.80 Å². The monoisotopic (exact) mass is 253 g/mol. The van der Waals surface area contributed by atoms with Gasteiger partial charge in [-0.1, -0.05) is 13.8 Å². The number of nitrogens with zero attached hydrogens (tertiary/aromatic N) is 2. The predicted octanol–water partition coefficient (Wildman–Crippen LogP) is 1.92. The van der Waals surface area contributed by atoms with E-state index in [1.165, 1.54) is 64.8 Å². The summed E-state index contributed by atoms with van der Waals surface area (Å²) in [4.78, 5) is 5.33. The molecule has 0 amide bonds. The average Bonchev–Trinajstić information content (AvgIpc) is 2.41. The molecule has 2 aliphatic heterocycles. The first kappa shape index (κ1) is 14.3. The van der Waals surface area contributed by atoms with Crippen LogP contribution in [0, 0.1) is 5.92 Å². The maximum atomic E-state index is 6.16. The zero-order valence-electron chi connectivity index (χ0n) is 12.3. The zero-order chi connectivity index (χ0) is 13.0. The number of hydrogen-bond donors (Lipinski definition) is 1. The second kappa shape index (κ2) is 6.36. The highest BCUT2D eigenvalue weighted by Gasteiger charge is 2.39. The van der Waals surface area contributed by atoms with Crippen molar-refractivity contribution in [3.05, 3.63) is 0 Å². The van der Waals surface area contributed by atoms with Gasteiger partial charge in [-0.05, 0) is 70.7 Å². The van der Waals surface area contributed by atoms with Gasteiger partial charge in [0.25, 0.3) is 0 Å². The van der Waals surface area contributed by atoms with Crippen LogP contribution in [0.3, 0.4) is 0 Å². The Morgan fingerprint density at radius 3 is 2.22 bits per heavy atom. The van der Waals surface area contributed by atoms with E-state index in [1.807, 2.05) is 0 Å². The third-order valence-corrected chi connectivity index (χ3v) is 5.16. The molecule has 106 valence electrons. The van der Waals surface area contributed by atoms with Crippen molar-refractivity contribution in [1.29, 1.82) is 0 Å². The third kappa shape index (κ3) is 3.06.